The summed E-state index contributed by atoms with van der Waals surface area (Å²) in [5.41, 5.74) is 10.8. The van der Waals surface area contributed by atoms with Gasteiger partial charge < -0.3 is 26.5 Å². The van der Waals surface area contributed by atoms with Crippen molar-refractivity contribution in [1.29, 1.82) is 0 Å². The van der Waals surface area contributed by atoms with Crippen LogP contribution in [0.15, 0.2) is 18.7 Å². The summed E-state index contributed by atoms with van der Waals surface area (Å²) in [6.45, 7) is 1.62. The van der Waals surface area contributed by atoms with Gasteiger partial charge in [0.25, 0.3) is 0 Å². The number of carboxylic acid groups (broad SMARTS) is 2. The van der Waals surface area contributed by atoms with Crippen LogP contribution >= 0.6 is 0 Å². The lowest BCUT2D eigenvalue weighted by atomic mass is 10.1. The fourth-order valence-electron chi connectivity index (χ4n) is 2.26. The Hall–Kier alpha value is -1.93. The number of hydrogen-bond donors (Lipinski definition) is 3. The van der Waals surface area contributed by atoms with E-state index < -0.39 is 24.0 Å². The zero-order chi connectivity index (χ0) is 17.2. The van der Waals surface area contributed by atoms with Gasteiger partial charge in [0.15, 0.2) is 0 Å². The normalized spacial score (nSPS) is 13.7. The lowest BCUT2D eigenvalue weighted by molar-refractivity contribution is -0.696. The average molecular weight is 326 g/mol. The molecule has 5 N–H and O–H groups in total. The first-order chi connectivity index (χ1) is 10.9. The van der Waals surface area contributed by atoms with Crippen molar-refractivity contribution in [2.75, 3.05) is 0 Å². The van der Waals surface area contributed by atoms with Crippen molar-refractivity contribution in [3.05, 3.63) is 18.7 Å². The van der Waals surface area contributed by atoms with Crippen LogP contribution in [0.2, 0.25) is 0 Å². The Morgan fingerprint density at radius 3 is 2.43 bits per heavy atom. The van der Waals surface area contributed by atoms with Crippen LogP contribution in [0, 0.1) is 0 Å². The van der Waals surface area contributed by atoms with Crippen LogP contribution in [-0.4, -0.2) is 33.7 Å². The summed E-state index contributed by atoms with van der Waals surface area (Å²) in [5.74, 6) is -2.16. The Labute approximate surface area is 135 Å². The number of nitrogens with two attached hydrogens (primary N) is 2. The van der Waals surface area contributed by atoms with E-state index in [-0.39, 0.29) is 0 Å². The third-order valence-corrected chi connectivity index (χ3v) is 3.73. The number of aromatic nitrogens is 2. The van der Waals surface area contributed by atoms with Crippen molar-refractivity contribution in [2.45, 2.75) is 63.7 Å². The van der Waals surface area contributed by atoms with Gasteiger partial charge in [-0.3, -0.25) is 4.79 Å². The highest BCUT2D eigenvalue weighted by atomic mass is 16.4. The maximum absolute atomic E-state index is 10.6. The summed E-state index contributed by atoms with van der Waals surface area (Å²) < 4.78 is 4.08. The molecule has 1 aromatic heterocycles. The Balaban J connectivity index is 2.17. The van der Waals surface area contributed by atoms with Crippen LogP contribution in [-0.2, 0) is 22.7 Å². The maximum Gasteiger partial charge on any atom is 0.320 e. The van der Waals surface area contributed by atoms with Gasteiger partial charge in [0.1, 0.15) is 18.4 Å². The molecule has 0 radical (unpaired) electrons. The molecule has 8 heteroatoms. The van der Waals surface area contributed by atoms with Crippen molar-refractivity contribution in [3.63, 3.8) is 0 Å². The molecule has 0 amide bonds. The van der Waals surface area contributed by atoms with Gasteiger partial charge in [-0.15, -0.1) is 0 Å². The molecule has 0 unspecified atom stereocenters. The van der Waals surface area contributed by atoms with E-state index in [0.29, 0.717) is 12.8 Å². The predicted molar refractivity (Wildman–Crippen MR) is 80.9 cm³/mol. The first-order valence-corrected chi connectivity index (χ1v) is 7.90. The Morgan fingerprint density at radius 2 is 1.78 bits per heavy atom. The molecule has 0 aliphatic rings. The minimum absolute atomic E-state index is 0.424. The monoisotopic (exact) mass is 326 g/mol. The number of rotatable bonds is 12. The van der Waals surface area contributed by atoms with Gasteiger partial charge in [0.05, 0.1) is 19.1 Å². The van der Waals surface area contributed by atoms with E-state index in [4.69, 9.17) is 16.6 Å². The van der Waals surface area contributed by atoms with E-state index >= 15 is 0 Å². The van der Waals surface area contributed by atoms with Gasteiger partial charge in [-0.2, -0.15) is 0 Å². The number of nitrogens with zero attached hydrogens (tertiary/aromatic N) is 2. The second-order valence-corrected chi connectivity index (χ2v) is 5.75. The summed E-state index contributed by atoms with van der Waals surface area (Å²) in [6, 6.07) is -1.67. The molecule has 8 nitrogen and oxygen atoms in total. The lowest BCUT2D eigenvalue weighted by Gasteiger charge is -2.11. The third-order valence-electron chi connectivity index (χ3n) is 3.73. The molecule has 2 atom stereocenters. The molecule has 1 aromatic rings. The first-order valence-electron chi connectivity index (χ1n) is 7.90. The molecule has 0 saturated heterocycles. The van der Waals surface area contributed by atoms with E-state index in [1.807, 2.05) is 27.9 Å². The van der Waals surface area contributed by atoms with E-state index in [9.17, 15) is 14.7 Å². The summed E-state index contributed by atoms with van der Waals surface area (Å²) in [5, 5.41) is 19.2. The van der Waals surface area contributed by atoms with Crippen molar-refractivity contribution >= 4 is 11.9 Å². The minimum Gasteiger partial charge on any atom is -0.548 e. The van der Waals surface area contributed by atoms with E-state index in [0.717, 1.165) is 38.8 Å². The van der Waals surface area contributed by atoms with Crippen molar-refractivity contribution in [1.82, 2.24) is 4.57 Å². The van der Waals surface area contributed by atoms with E-state index in [2.05, 4.69) is 0 Å². The van der Waals surface area contributed by atoms with Gasteiger partial charge in [-0.1, -0.05) is 0 Å². The summed E-state index contributed by atoms with van der Waals surface area (Å²) in [4.78, 5) is 21.1. The van der Waals surface area contributed by atoms with Crippen molar-refractivity contribution < 1.29 is 24.4 Å². The minimum atomic E-state index is -1.20. The van der Waals surface area contributed by atoms with Gasteiger partial charge in [0.2, 0.25) is 6.33 Å². The summed E-state index contributed by atoms with van der Waals surface area (Å²) in [6.07, 6.45) is 10.0. The fraction of sp³-hybridized carbons (Fsp3) is 0.667. The van der Waals surface area contributed by atoms with Crippen LogP contribution in [0.1, 0.15) is 38.5 Å². The molecular formula is C15H26N4O4. The van der Waals surface area contributed by atoms with E-state index in [1.54, 1.807) is 0 Å². The number of unbranched alkanes of at least 4 members (excludes halogenated alkanes) is 2. The average Bonchev–Trinajstić information content (AvgIpc) is 2.95. The molecule has 0 spiro atoms. The second kappa shape index (κ2) is 9.96. The van der Waals surface area contributed by atoms with Gasteiger partial charge >= 0.3 is 5.97 Å². The van der Waals surface area contributed by atoms with E-state index in [1.165, 1.54) is 0 Å². The number of hydrogen-bond acceptors (Lipinski definition) is 5. The molecule has 23 heavy (non-hydrogen) atoms. The lowest BCUT2D eigenvalue weighted by Crippen LogP contribution is -2.41. The number of carbonyl (C=O) groups is 2. The zero-order valence-electron chi connectivity index (χ0n) is 13.3. The predicted octanol–water partition coefficient (Wildman–Crippen LogP) is -1.39. The quantitative estimate of drug-likeness (QED) is 0.319. The number of carbonyl (C=O) groups excluding carboxylic acids is 1. The third kappa shape index (κ3) is 7.75. The van der Waals surface area contributed by atoms with Crippen LogP contribution < -0.4 is 21.1 Å². The molecular weight excluding hydrogens is 300 g/mol. The van der Waals surface area contributed by atoms with Gasteiger partial charge in [-0.25, -0.2) is 9.13 Å². The number of carboxylic acids is 2. The zero-order valence-corrected chi connectivity index (χ0v) is 13.3. The van der Waals surface area contributed by atoms with Crippen molar-refractivity contribution in [3.8, 4) is 0 Å². The van der Waals surface area contributed by atoms with Crippen LogP contribution in [0.3, 0.4) is 0 Å². The Bertz CT molecular complexity index is 461. The standard InChI is InChI=1S/C15H26N4O4/c16-12(14(20)21)5-1-3-7-18-9-10-19(11-18)8-4-2-6-13(17)15(22)23/h9-13H,1-8,16-17H2,(H-,20,21,22,23)/t12-,13-/m0/s1. The Kier molecular flexibility index (Phi) is 8.28. The highest BCUT2D eigenvalue weighted by Gasteiger charge is 2.11. The molecule has 0 bridgehead atoms. The van der Waals surface area contributed by atoms with Crippen LogP contribution in [0.4, 0.5) is 0 Å². The fourth-order valence-corrected chi connectivity index (χ4v) is 2.26. The molecule has 0 aliphatic carbocycles. The molecule has 1 heterocycles. The second-order valence-electron chi connectivity index (χ2n) is 5.75. The van der Waals surface area contributed by atoms with Crippen LogP contribution in [0.25, 0.3) is 0 Å². The molecule has 0 aromatic carbocycles. The number of aryl methyl sites for hydroxylation is 2. The first kappa shape index (κ1) is 19.1. The summed E-state index contributed by atoms with van der Waals surface area (Å²) in [7, 11) is 0. The Morgan fingerprint density at radius 1 is 1.13 bits per heavy atom. The van der Waals surface area contributed by atoms with Gasteiger partial charge in [-0.05, 0) is 38.5 Å². The highest BCUT2D eigenvalue weighted by molar-refractivity contribution is 5.72. The highest BCUT2D eigenvalue weighted by Crippen LogP contribution is 2.02. The molecule has 0 saturated carbocycles. The van der Waals surface area contributed by atoms with Crippen LogP contribution in [0.5, 0.6) is 0 Å². The van der Waals surface area contributed by atoms with Gasteiger partial charge in [0, 0.05) is 6.04 Å². The van der Waals surface area contributed by atoms with Crippen molar-refractivity contribution in [2.24, 2.45) is 11.5 Å². The summed E-state index contributed by atoms with van der Waals surface area (Å²) >= 11 is 0. The topological polar surface area (TPSA) is 138 Å². The number of aliphatic carboxylic acids is 2. The molecule has 0 aliphatic heterocycles. The smallest absolute Gasteiger partial charge is 0.320 e. The number of imidazole rings is 1. The maximum atomic E-state index is 10.6. The SMILES string of the molecule is N[C@@H](CCCCn1cc[n+](CCCC[C@H](N)C(=O)O)c1)C(=O)[O-]. The molecule has 1 rings (SSSR count). The largest absolute Gasteiger partial charge is 0.548 e. The molecule has 0 fully saturated rings. The molecule has 130 valence electrons.